The van der Waals surface area contributed by atoms with Gasteiger partial charge in [0, 0.05) is 19.2 Å². The summed E-state index contributed by atoms with van der Waals surface area (Å²) in [4.78, 5) is 8.52. The monoisotopic (exact) mass is 218 g/mol. The third-order valence-corrected chi connectivity index (χ3v) is 2.26. The van der Waals surface area contributed by atoms with Crippen LogP contribution >= 0.6 is 0 Å². The highest BCUT2D eigenvalue weighted by Gasteiger charge is 2.05. The zero-order valence-electron chi connectivity index (χ0n) is 9.18. The number of hydrogen-bond acceptors (Lipinski definition) is 4. The molecule has 0 amide bonds. The Kier molecular flexibility index (Phi) is 3.31. The molecule has 0 fully saturated rings. The lowest BCUT2D eigenvalue weighted by Crippen LogP contribution is -1.97. The topological polar surface area (TPSA) is 59.2 Å². The van der Waals surface area contributed by atoms with Crippen molar-refractivity contribution in [1.82, 2.24) is 9.97 Å². The summed E-state index contributed by atoms with van der Waals surface area (Å²) in [6.07, 6.45) is 3.08. The fourth-order valence-corrected chi connectivity index (χ4v) is 1.47. The lowest BCUT2D eigenvalue weighted by atomic mass is 10.2. The largest absolute Gasteiger partial charge is 0.460 e. The van der Waals surface area contributed by atoms with Gasteiger partial charge in [-0.15, -0.1) is 0 Å². The molecule has 16 heavy (non-hydrogen) atoms. The van der Waals surface area contributed by atoms with Crippen molar-refractivity contribution in [2.24, 2.45) is 0 Å². The maximum Gasteiger partial charge on any atom is 0.152 e. The number of nitrogens with zero attached hydrogens (tertiary/aromatic N) is 2. The van der Waals surface area contributed by atoms with E-state index in [4.69, 9.17) is 9.52 Å². The minimum absolute atomic E-state index is 0.160. The Hall–Kier alpha value is -1.68. The molecule has 0 aliphatic rings. The van der Waals surface area contributed by atoms with Crippen LogP contribution in [0.5, 0.6) is 0 Å². The molecule has 0 aliphatic carbocycles. The molecule has 0 spiro atoms. The molecule has 0 aliphatic heterocycles. The van der Waals surface area contributed by atoms with Crippen molar-refractivity contribution in [3.05, 3.63) is 36.0 Å². The van der Waals surface area contributed by atoms with E-state index in [0.29, 0.717) is 12.8 Å². The van der Waals surface area contributed by atoms with Crippen LogP contribution in [0.3, 0.4) is 0 Å². The molecule has 4 nitrogen and oxygen atoms in total. The van der Waals surface area contributed by atoms with Gasteiger partial charge in [0.05, 0.1) is 0 Å². The first-order valence-corrected chi connectivity index (χ1v) is 5.29. The summed E-state index contributed by atoms with van der Waals surface area (Å²) in [5.41, 5.74) is 0.788. The minimum Gasteiger partial charge on any atom is -0.460 e. The summed E-state index contributed by atoms with van der Waals surface area (Å²) >= 11 is 0. The zero-order valence-corrected chi connectivity index (χ0v) is 9.18. The molecule has 0 radical (unpaired) electrons. The number of aryl methyl sites for hydroxylation is 2. The highest BCUT2D eigenvalue weighted by atomic mass is 16.3. The molecule has 0 saturated carbocycles. The smallest absolute Gasteiger partial charge is 0.152 e. The fraction of sp³-hybridized carbons (Fsp3) is 0.333. The summed E-state index contributed by atoms with van der Waals surface area (Å²) in [5, 5.41) is 8.74. The third-order valence-electron chi connectivity index (χ3n) is 2.26. The van der Waals surface area contributed by atoms with Crippen LogP contribution in [0.1, 0.15) is 18.0 Å². The van der Waals surface area contributed by atoms with Gasteiger partial charge < -0.3 is 9.52 Å². The number of rotatable bonds is 4. The Labute approximate surface area is 94.0 Å². The van der Waals surface area contributed by atoms with Crippen LogP contribution in [-0.4, -0.2) is 21.7 Å². The average molecular weight is 218 g/mol. The van der Waals surface area contributed by atoms with Gasteiger partial charge in [0.15, 0.2) is 5.76 Å². The van der Waals surface area contributed by atoms with Gasteiger partial charge in [0.25, 0.3) is 0 Å². The summed E-state index contributed by atoms with van der Waals surface area (Å²) < 4.78 is 5.49. The first-order chi connectivity index (χ1) is 7.79. The molecule has 2 aromatic rings. The van der Waals surface area contributed by atoms with Crippen LogP contribution in [0.2, 0.25) is 0 Å². The van der Waals surface area contributed by atoms with E-state index < -0.39 is 0 Å². The van der Waals surface area contributed by atoms with Crippen molar-refractivity contribution in [2.75, 3.05) is 6.61 Å². The third kappa shape index (κ3) is 2.46. The second-order valence-electron chi connectivity index (χ2n) is 3.60. The van der Waals surface area contributed by atoms with Crippen LogP contribution < -0.4 is 0 Å². The predicted octanol–water partition coefficient (Wildman–Crippen LogP) is 1.97. The van der Waals surface area contributed by atoms with Crippen molar-refractivity contribution in [3.8, 4) is 11.5 Å². The standard InChI is InChI=1S/C12H14N2O2/c1-9-4-5-11(16-9)10-6-7-13-12(14-10)3-2-8-15/h4-7,15H,2-3,8H2,1H3. The molecule has 0 aromatic carbocycles. The van der Waals surface area contributed by atoms with E-state index in [0.717, 1.165) is 23.0 Å². The Bertz CT molecular complexity index is 466. The predicted molar refractivity (Wildman–Crippen MR) is 59.9 cm³/mol. The summed E-state index contributed by atoms with van der Waals surface area (Å²) in [6, 6.07) is 5.62. The van der Waals surface area contributed by atoms with Gasteiger partial charge in [0.1, 0.15) is 17.3 Å². The summed E-state index contributed by atoms with van der Waals surface area (Å²) in [6.45, 7) is 2.06. The normalized spacial score (nSPS) is 10.6. The van der Waals surface area contributed by atoms with E-state index in [2.05, 4.69) is 9.97 Å². The first-order valence-electron chi connectivity index (χ1n) is 5.29. The molecule has 2 rings (SSSR count). The van der Waals surface area contributed by atoms with E-state index in [1.807, 2.05) is 25.1 Å². The summed E-state index contributed by atoms with van der Waals surface area (Å²) in [7, 11) is 0. The number of hydrogen-bond donors (Lipinski definition) is 1. The van der Waals surface area contributed by atoms with E-state index in [1.54, 1.807) is 6.20 Å². The molecule has 0 atom stereocenters. The molecule has 1 N–H and O–H groups in total. The van der Waals surface area contributed by atoms with E-state index >= 15 is 0 Å². The average Bonchev–Trinajstić information content (AvgIpc) is 2.74. The maximum absolute atomic E-state index is 8.74. The minimum atomic E-state index is 0.160. The van der Waals surface area contributed by atoms with Gasteiger partial charge in [-0.05, 0) is 31.5 Å². The second kappa shape index (κ2) is 4.90. The van der Waals surface area contributed by atoms with Gasteiger partial charge in [-0.1, -0.05) is 0 Å². The summed E-state index contributed by atoms with van der Waals surface area (Å²) in [5.74, 6) is 2.36. The maximum atomic E-state index is 8.74. The lowest BCUT2D eigenvalue weighted by Gasteiger charge is -2.00. The van der Waals surface area contributed by atoms with Gasteiger partial charge in [0.2, 0.25) is 0 Å². The molecular formula is C12H14N2O2. The van der Waals surface area contributed by atoms with E-state index in [9.17, 15) is 0 Å². The second-order valence-corrected chi connectivity index (χ2v) is 3.60. The van der Waals surface area contributed by atoms with Crippen molar-refractivity contribution in [3.63, 3.8) is 0 Å². The fourth-order valence-electron chi connectivity index (χ4n) is 1.47. The number of aliphatic hydroxyl groups excluding tert-OH is 1. The van der Waals surface area contributed by atoms with Crippen LogP contribution in [0.4, 0.5) is 0 Å². The van der Waals surface area contributed by atoms with Crippen molar-refractivity contribution in [1.29, 1.82) is 0 Å². The van der Waals surface area contributed by atoms with Crippen molar-refractivity contribution < 1.29 is 9.52 Å². The van der Waals surface area contributed by atoms with Crippen LogP contribution in [0.15, 0.2) is 28.8 Å². The van der Waals surface area contributed by atoms with Gasteiger partial charge >= 0.3 is 0 Å². The molecule has 0 unspecified atom stereocenters. The van der Waals surface area contributed by atoms with Crippen molar-refractivity contribution >= 4 is 0 Å². The highest BCUT2D eigenvalue weighted by molar-refractivity contribution is 5.51. The van der Waals surface area contributed by atoms with Crippen LogP contribution in [0, 0.1) is 6.92 Å². The molecule has 2 aromatic heterocycles. The Morgan fingerprint density at radius 3 is 2.88 bits per heavy atom. The van der Waals surface area contributed by atoms with Gasteiger partial charge in [-0.2, -0.15) is 0 Å². The molecule has 2 heterocycles. The van der Waals surface area contributed by atoms with Crippen LogP contribution in [0.25, 0.3) is 11.5 Å². The van der Waals surface area contributed by atoms with E-state index in [-0.39, 0.29) is 6.61 Å². The highest BCUT2D eigenvalue weighted by Crippen LogP contribution is 2.19. The number of aliphatic hydroxyl groups is 1. The quantitative estimate of drug-likeness (QED) is 0.852. The van der Waals surface area contributed by atoms with Gasteiger partial charge in [-0.25, -0.2) is 9.97 Å². The SMILES string of the molecule is Cc1ccc(-c2ccnc(CCCO)n2)o1. The molecule has 4 heteroatoms. The number of aromatic nitrogens is 2. The van der Waals surface area contributed by atoms with E-state index in [1.165, 1.54) is 0 Å². The Morgan fingerprint density at radius 2 is 2.19 bits per heavy atom. The zero-order chi connectivity index (χ0) is 11.4. The first kappa shape index (κ1) is 10.8. The molecule has 0 saturated heterocycles. The van der Waals surface area contributed by atoms with Crippen molar-refractivity contribution in [2.45, 2.75) is 19.8 Å². The van der Waals surface area contributed by atoms with Crippen LogP contribution in [-0.2, 0) is 6.42 Å². The molecule has 0 bridgehead atoms. The number of furan rings is 1. The molecular weight excluding hydrogens is 204 g/mol. The van der Waals surface area contributed by atoms with Gasteiger partial charge in [-0.3, -0.25) is 0 Å². The lowest BCUT2D eigenvalue weighted by molar-refractivity contribution is 0.287. The molecule has 84 valence electrons. The Morgan fingerprint density at radius 1 is 1.31 bits per heavy atom. The Balaban J connectivity index is 2.22.